The summed E-state index contributed by atoms with van der Waals surface area (Å²) >= 11 is 0. The topological polar surface area (TPSA) is 34.4 Å². The minimum absolute atomic E-state index is 0.136. The van der Waals surface area contributed by atoms with E-state index in [2.05, 4.69) is 5.32 Å². The molecule has 0 fully saturated rings. The molecule has 1 N–H and O–H groups in total. The Bertz CT molecular complexity index is 749. The third-order valence-corrected chi connectivity index (χ3v) is 3.54. The van der Waals surface area contributed by atoms with Crippen LogP contribution in [0.15, 0.2) is 52.9 Å². The molecule has 0 aliphatic carbocycles. The van der Waals surface area contributed by atoms with Gasteiger partial charge in [0.05, 0.1) is 13.2 Å². The lowest BCUT2D eigenvalue weighted by molar-refractivity contribution is 0.414. The molecular formula is C17H16FNO2. The molecule has 3 rings (SSSR count). The number of hydrogen-bond acceptors (Lipinski definition) is 3. The first-order valence-corrected chi connectivity index (χ1v) is 6.72. The molecule has 0 amide bonds. The number of furan rings is 1. The summed E-state index contributed by atoms with van der Waals surface area (Å²) in [6.45, 7) is 0. The molecule has 0 spiro atoms. The van der Waals surface area contributed by atoms with E-state index in [4.69, 9.17) is 9.15 Å². The van der Waals surface area contributed by atoms with Crippen LogP contribution in [0.2, 0.25) is 0 Å². The SMILES string of the molecule is CNC(c1ccc(OC)cc1)c1cc2cccc(F)c2o1. The standard InChI is InChI=1S/C17H16FNO2/c1-19-16(11-6-8-13(20-2)9-7-11)15-10-12-4-3-5-14(18)17(12)21-15/h3-10,16,19H,1-2H3. The smallest absolute Gasteiger partial charge is 0.169 e. The van der Waals surface area contributed by atoms with E-state index in [9.17, 15) is 4.39 Å². The first kappa shape index (κ1) is 13.6. The van der Waals surface area contributed by atoms with Crippen molar-refractivity contribution in [1.82, 2.24) is 5.32 Å². The van der Waals surface area contributed by atoms with Crippen LogP contribution >= 0.6 is 0 Å². The highest BCUT2D eigenvalue weighted by atomic mass is 19.1. The minimum Gasteiger partial charge on any atom is -0.497 e. The highest BCUT2D eigenvalue weighted by molar-refractivity contribution is 5.78. The summed E-state index contributed by atoms with van der Waals surface area (Å²) in [6, 6.07) is 14.4. The zero-order chi connectivity index (χ0) is 14.8. The van der Waals surface area contributed by atoms with Crippen molar-refractivity contribution in [2.45, 2.75) is 6.04 Å². The summed E-state index contributed by atoms with van der Waals surface area (Å²) in [5.41, 5.74) is 1.32. The Morgan fingerprint density at radius 3 is 2.52 bits per heavy atom. The summed E-state index contributed by atoms with van der Waals surface area (Å²) in [5.74, 6) is 1.13. The van der Waals surface area contributed by atoms with Gasteiger partial charge in [-0.1, -0.05) is 24.3 Å². The molecule has 0 saturated heterocycles. The number of halogens is 1. The number of rotatable bonds is 4. The summed E-state index contributed by atoms with van der Waals surface area (Å²) in [4.78, 5) is 0. The van der Waals surface area contributed by atoms with Crippen molar-refractivity contribution in [2.75, 3.05) is 14.2 Å². The number of fused-ring (bicyclic) bond motifs is 1. The largest absolute Gasteiger partial charge is 0.497 e. The Labute approximate surface area is 122 Å². The van der Waals surface area contributed by atoms with Crippen LogP contribution in [0.25, 0.3) is 11.0 Å². The fourth-order valence-corrected chi connectivity index (χ4v) is 2.46. The fourth-order valence-electron chi connectivity index (χ4n) is 2.46. The van der Waals surface area contributed by atoms with E-state index in [0.29, 0.717) is 11.3 Å². The molecule has 1 aromatic heterocycles. The van der Waals surface area contributed by atoms with E-state index in [1.54, 1.807) is 13.2 Å². The van der Waals surface area contributed by atoms with E-state index in [1.165, 1.54) is 6.07 Å². The van der Waals surface area contributed by atoms with Gasteiger partial charge in [0.2, 0.25) is 0 Å². The fraction of sp³-hybridized carbons (Fsp3) is 0.176. The van der Waals surface area contributed by atoms with Crippen LogP contribution in [0, 0.1) is 5.82 Å². The third-order valence-electron chi connectivity index (χ3n) is 3.54. The van der Waals surface area contributed by atoms with Crippen LogP contribution in [-0.4, -0.2) is 14.2 Å². The first-order valence-electron chi connectivity index (χ1n) is 6.72. The molecule has 0 bridgehead atoms. The second-order valence-electron chi connectivity index (χ2n) is 4.80. The monoisotopic (exact) mass is 285 g/mol. The van der Waals surface area contributed by atoms with Gasteiger partial charge in [0.25, 0.3) is 0 Å². The van der Waals surface area contributed by atoms with E-state index in [0.717, 1.165) is 16.7 Å². The molecule has 0 aliphatic rings. The molecule has 21 heavy (non-hydrogen) atoms. The molecule has 108 valence electrons. The summed E-state index contributed by atoms with van der Waals surface area (Å²) in [6.07, 6.45) is 0. The van der Waals surface area contributed by atoms with Crippen molar-refractivity contribution in [3.8, 4) is 5.75 Å². The van der Waals surface area contributed by atoms with Crippen molar-refractivity contribution >= 4 is 11.0 Å². The van der Waals surface area contributed by atoms with Gasteiger partial charge in [-0.15, -0.1) is 0 Å². The van der Waals surface area contributed by atoms with Gasteiger partial charge in [-0.25, -0.2) is 4.39 Å². The number of benzene rings is 2. The summed E-state index contributed by atoms with van der Waals surface area (Å²) in [5, 5.41) is 3.96. The van der Waals surface area contributed by atoms with Gasteiger partial charge in [0, 0.05) is 5.39 Å². The molecule has 1 unspecified atom stereocenters. The van der Waals surface area contributed by atoms with Crippen LogP contribution in [-0.2, 0) is 0 Å². The average molecular weight is 285 g/mol. The van der Waals surface area contributed by atoms with Gasteiger partial charge < -0.3 is 14.5 Å². The van der Waals surface area contributed by atoms with Crippen molar-refractivity contribution in [3.63, 3.8) is 0 Å². The van der Waals surface area contributed by atoms with Gasteiger partial charge >= 0.3 is 0 Å². The lowest BCUT2D eigenvalue weighted by Gasteiger charge is -2.14. The number of hydrogen-bond donors (Lipinski definition) is 1. The second kappa shape index (κ2) is 5.58. The van der Waals surface area contributed by atoms with E-state index in [-0.39, 0.29) is 11.9 Å². The lowest BCUT2D eigenvalue weighted by atomic mass is 10.0. The van der Waals surface area contributed by atoms with E-state index in [1.807, 2.05) is 43.4 Å². The van der Waals surface area contributed by atoms with Gasteiger partial charge in [-0.2, -0.15) is 0 Å². The summed E-state index contributed by atoms with van der Waals surface area (Å²) < 4.78 is 24.6. The summed E-state index contributed by atoms with van der Waals surface area (Å²) in [7, 11) is 3.48. The molecule has 0 saturated carbocycles. The van der Waals surface area contributed by atoms with Crippen molar-refractivity contribution in [2.24, 2.45) is 0 Å². The third kappa shape index (κ3) is 2.50. The molecule has 2 aromatic carbocycles. The molecule has 1 atom stereocenters. The lowest BCUT2D eigenvalue weighted by Crippen LogP contribution is -2.16. The van der Waals surface area contributed by atoms with Crippen LogP contribution in [0.1, 0.15) is 17.4 Å². The normalized spacial score (nSPS) is 12.5. The van der Waals surface area contributed by atoms with Crippen LogP contribution in [0.5, 0.6) is 5.75 Å². The van der Waals surface area contributed by atoms with E-state index < -0.39 is 0 Å². The predicted octanol–water partition coefficient (Wildman–Crippen LogP) is 3.89. The molecular weight excluding hydrogens is 269 g/mol. The Hall–Kier alpha value is -2.33. The maximum absolute atomic E-state index is 13.7. The maximum Gasteiger partial charge on any atom is 0.169 e. The zero-order valence-corrected chi connectivity index (χ0v) is 11.9. The Morgan fingerprint density at radius 1 is 1.14 bits per heavy atom. The van der Waals surface area contributed by atoms with E-state index >= 15 is 0 Å². The van der Waals surface area contributed by atoms with Crippen molar-refractivity contribution in [3.05, 3.63) is 65.7 Å². The predicted molar refractivity (Wildman–Crippen MR) is 80.1 cm³/mol. The number of nitrogens with one attached hydrogen (secondary N) is 1. The van der Waals surface area contributed by atoms with Gasteiger partial charge in [0.15, 0.2) is 11.4 Å². The van der Waals surface area contributed by atoms with Gasteiger partial charge in [-0.3, -0.25) is 0 Å². The van der Waals surface area contributed by atoms with Crippen LogP contribution in [0.4, 0.5) is 4.39 Å². The molecule has 3 nitrogen and oxygen atoms in total. The number of methoxy groups -OCH3 is 1. The maximum atomic E-state index is 13.7. The highest BCUT2D eigenvalue weighted by Gasteiger charge is 2.18. The van der Waals surface area contributed by atoms with Crippen LogP contribution < -0.4 is 10.1 Å². The quantitative estimate of drug-likeness (QED) is 0.789. The molecule has 0 radical (unpaired) electrons. The Kier molecular flexibility index (Phi) is 3.62. The molecule has 0 aliphatic heterocycles. The Morgan fingerprint density at radius 2 is 1.90 bits per heavy atom. The van der Waals surface area contributed by atoms with Crippen molar-refractivity contribution < 1.29 is 13.5 Å². The molecule has 3 aromatic rings. The highest BCUT2D eigenvalue weighted by Crippen LogP contribution is 2.30. The average Bonchev–Trinajstić information content (AvgIpc) is 2.94. The van der Waals surface area contributed by atoms with Crippen LogP contribution in [0.3, 0.4) is 0 Å². The Balaban J connectivity index is 2.02. The van der Waals surface area contributed by atoms with Gasteiger partial charge in [-0.05, 0) is 36.9 Å². The number of para-hydroxylation sites is 1. The minimum atomic E-state index is -0.344. The van der Waals surface area contributed by atoms with Gasteiger partial charge in [0.1, 0.15) is 11.5 Å². The van der Waals surface area contributed by atoms with Crippen molar-refractivity contribution in [1.29, 1.82) is 0 Å². The second-order valence-corrected chi connectivity index (χ2v) is 4.80. The molecule has 1 heterocycles. The number of ether oxygens (including phenoxy) is 1. The first-order chi connectivity index (χ1) is 10.2. The zero-order valence-electron chi connectivity index (χ0n) is 11.9. The molecule has 4 heteroatoms.